The highest BCUT2D eigenvalue weighted by Crippen LogP contribution is 2.28. The molecule has 1 aromatic rings. The third-order valence-electron chi connectivity index (χ3n) is 2.10. The number of nitrogens with zero attached hydrogens (tertiary/aromatic N) is 1. The van der Waals surface area contributed by atoms with Crippen LogP contribution in [0.4, 0.5) is 0 Å². The van der Waals surface area contributed by atoms with E-state index in [2.05, 4.69) is 27.2 Å². The first-order valence-electron chi connectivity index (χ1n) is 4.97. The lowest BCUT2D eigenvalue weighted by Gasteiger charge is -2.24. The second kappa shape index (κ2) is 4.53. The molecule has 3 heteroatoms. The summed E-state index contributed by atoms with van der Waals surface area (Å²) in [6.07, 6.45) is 0. The standard InChI is InChI=1S/C12H20NO2/c1-13(2,3)9-10-6-7-11(14-4)12(8-10)15-5/h6-8H,9H2,1-5H3/q+1. The van der Waals surface area contributed by atoms with Crippen LogP contribution in [-0.2, 0) is 6.54 Å². The molecule has 0 saturated carbocycles. The van der Waals surface area contributed by atoms with Crippen LogP contribution in [-0.4, -0.2) is 39.8 Å². The Hall–Kier alpha value is -1.22. The lowest BCUT2D eigenvalue weighted by molar-refractivity contribution is -0.884. The monoisotopic (exact) mass is 210 g/mol. The number of hydrogen-bond acceptors (Lipinski definition) is 2. The van der Waals surface area contributed by atoms with E-state index < -0.39 is 0 Å². The summed E-state index contributed by atoms with van der Waals surface area (Å²) in [5.41, 5.74) is 1.25. The molecule has 0 aliphatic heterocycles. The molecule has 0 aliphatic carbocycles. The molecule has 84 valence electrons. The van der Waals surface area contributed by atoms with E-state index in [-0.39, 0.29) is 0 Å². The van der Waals surface area contributed by atoms with Crippen molar-refractivity contribution < 1.29 is 14.0 Å². The summed E-state index contributed by atoms with van der Waals surface area (Å²) in [5.74, 6) is 1.58. The van der Waals surface area contributed by atoms with Gasteiger partial charge in [0.15, 0.2) is 11.5 Å². The van der Waals surface area contributed by atoms with Crippen molar-refractivity contribution in [3.8, 4) is 11.5 Å². The molecule has 0 saturated heterocycles. The summed E-state index contributed by atoms with van der Waals surface area (Å²) in [5, 5.41) is 0. The molecule has 15 heavy (non-hydrogen) atoms. The average Bonchev–Trinajstić information content (AvgIpc) is 2.15. The van der Waals surface area contributed by atoms with Gasteiger partial charge in [0.1, 0.15) is 6.54 Å². The molecule has 3 nitrogen and oxygen atoms in total. The minimum absolute atomic E-state index is 0.780. The number of rotatable bonds is 4. The van der Waals surface area contributed by atoms with Gasteiger partial charge in [0.2, 0.25) is 0 Å². The van der Waals surface area contributed by atoms with E-state index >= 15 is 0 Å². The van der Waals surface area contributed by atoms with Gasteiger partial charge >= 0.3 is 0 Å². The third kappa shape index (κ3) is 3.44. The quantitative estimate of drug-likeness (QED) is 0.707. The first kappa shape index (κ1) is 11.9. The molecular weight excluding hydrogens is 190 g/mol. The van der Waals surface area contributed by atoms with Crippen molar-refractivity contribution in [2.45, 2.75) is 6.54 Å². The molecule has 0 N–H and O–H groups in total. The molecular formula is C12H20NO2+. The molecule has 0 spiro atoms. The van der Waals surface area contributed by atoms with E-state index in [0.717, 1.165) is 22.5 Å². The van der Waals surface area contributed by atoms with Crippen LogP contribution >= 0.6 is 0 Å². The van der Waals surface area contributed by atoms with Crippen molar-refractivity contribution >= 4 is 0 Å². The van der Waals surface area contributed by atoms with Crippen LogP contribution < -0.4 is 9.47 Å². The smallest absolute Gasteiger partial charge is 0.161 e. The molecule has 0 heterocycles. The number of methoxy groups -OCH3 is 2. The predicted octanol–water partition coefficient (Wildman–Crippen LogP) is 1.91. The van der Waals surface area contributed by atoms with E-state index in [1.807, 2.05) is 12.1 Å². The maximum absolute atomic E-state index is 5.26. The van der Waals surface area contributed by atoms with E-state index in [0.29, 0.717) is 0 Å². The molecule has 0 aromatic heterocycles. The Morgan fingerprint density at radius 3 is 2.07 bits per heavy atom. The molecule has 0 fully saturated rings. The zero-order valence-electron chi connectivity index (χ0n) is 10.2. The highest BCUT2D eigenvalue weighted by atomic mass is 16.5. The lowest BCUT2D eigenvalue weighted by atomic mass is 10.2. The van der Waals surface area contributed by atoms with Crippen molar-refractivity contribution in [3.05, 3.63) is 23.8 Å². The average molecular weight is 210 g/mol. The third-order valence-corrected chi connectivity index (χ3v) is 2.10. The first-order valence-corrected chi connectivity index (χ1v) is 4.97. The lowest BCUT2D eigenvalue weighted by Crippen LogP contribution is -2.33. The van der Waals surface area contributed by atoms with Crippen molar-refractivity contribution in [2.75, 3.05) is 35.4 Å². The maximum atomic E-state index is 5.26. The molecule has 0 unspecified atom stereocenters. The first-order chi connectivity index (χ1) is 6.96. The minimum Gasteiger partial charge on any atom is -0.493 e. The van der Waals surface area contributed by atoms with Gasteiger partial charge in [-0.25, -0.2) is 0 Å². The van der Waals surface area contributed by atoms with E-state index in [1.165, 1.54) is 5.56 Å². The van der Waals surface area contributed by atoms with Crippen LogP contribution in [0.1, 0.15) is 5.56 Å². The SMILES string of the molecule is COc1ccc(C[N+](C)(C)C)cc1OC. The molecule has 0 bridgehead atoms. The predicted molar refractivity (Wildman–Crippen MR) is 61.3 cm³/mol. The fourth-order valence-corrected chi connectivity index (χ4v) is 1.53. The van der Waals surface area contributed by atoms with Gasteiger partial charge in [-0.3, -0.25) is 0 Å². The molecule has 0 atom stereocenters. The number of ether oxygens (including phenoxy) is 2. The van der Waals surface area contributed by atoms with Crippen LogP contribution in [0, 0.1) is 0 Å². The van der Waals surface area contributed by atoms with Crippen LogP contribution in [0.2, 0.25) is 0 Å². The van der Waals surface area contributed by atoms with Crippen LogP contribution in [0.5, 0.6) is 11.5 Å². The maximum Gasteiger partial charge on any atom is 0.161 e. The van der Waals surface area contributed by atoms with E-state index in [4.69, 9.17) is 9.47 Å². The highest BCUT2D eigenvalue weighted by Gasteiger charge is 2.11. The van der Waals surface area contributed by atoms with Crippen molar-refractivity contribution in [1.82, 2.24) is 0 Å². The summed E-state index contributed by atoms with van der Waals surface area (Å²) >= 11 is 0. The Balaban J connectivity index is 2.93. The van der Waals surface area contributed by atoms with Crippen LogP contribution in [0.15, 0.2) is 18.2 Å². The topological polar surface area (TPSA) is 18.5 Å². The fourth-order valence-electron chi connectivity index (χ4n) is 1.53. The molecule has 1 aromatic carbocycles. The summed E-state index contributed by atoms with van der Waals surface area (Å²) in [7, 11) is 9.80. The fraction of sp³-hybridized carbons (Fsp3) is 0.500. The normalized spacial score (nSPS) is 11.3. The Bertz CT molecular complexity index is 329. The summed E-state index contributed by atoms with van der Waals surface area (Å²) < 4.78 is 11.3. The molecule has 0 radical (unpaired) electrons. The van der Waals surface area contributed by atoms with E-state index in [1.54, 1.807) is 14.2 Å². The number of quaternary nitrogens is 1. The van der Waals surface area contributed by atoms with Crippen LogP contribution in [0.25, 0.3) is 0 Å². The Morgan fingerprint density at radius 1 is 1.00 bits per heavy atom. The Morgan fingerprint density at radius 2 is 1.60 bits per heavy atom. The van der Waals surface area contributed by atoms with Crippen molar-refractivity contribution in [3.63, 3.8) is 0 Å². The summed E-state index contributed by atoms with van der Waals surface area (Å²) in [4.78, 5) is 0. The summed E-state index contributed by atoms with van der Waals surface area (Å²) in [6.45, 7) is 0.973. The molecule has 0 amide bonds. The van der Waals surface area contributed by atoms with Gasteiger partial charge in [-0.15, -0.1) is 0 Å². The van der Waals surface area contributed by atoms with Gasteiger partial charge in [-0.05, 0) is 18.2 Å². The van der Waals surface area contributed by atoms with Gasteiger partial charge in [-0.2, -0.15) is 0 Å². The Kier molecular flexibility index (Phi) is 3.58. The zero-order valence-corrected chi connectivity index (χ0v) is 10.2. The zero-order chi connectivity index (χ0) is 11.5. The van der Waals surface area contributed by atoms with Gasteiger partial charge in [0, 0.05) is 5.56 Å². The van der Waals surface area contributed by atoms with Crippen LogP contribution in [0.3, 0.4) is 0 Å². The second-order valence-corrected chi connectivity index (χ2v) is 4.64. The summed E-state index contributed by atoms with van der Waals surface area (Å²) in [6, 6.07) is 6.05. The highest BCUT2D eigenvalue weighted by molar-refractivity contribution is 5.42. The largest absolute Gasteiger partial charge is 0.493 e. The second-order valence-electron chi connectivity index (χ2n) is 4.64. The van der Waals surface area contributed by atoms with Gasteiger partial charge < -0.3 is 14.0 Å². The number of hydrogen-bond donors (Lipinski definition) is 0. The van der Waals surface area contributed by atoms with Crippen molar-refractivity contribution in [2.24, 2.45) is 0 Å². The molecule has 0 aliphatic rings. The van der Waals surface area contributed by atoms with Gasteiger partial charge in [-0.1, -0.05) is 0 Å². The van der Waals surface area contributed by atoms with Crippen molar-refractivity contribution in [1.29, 1.82) is 0 Å². The van der Waals surface area contributed by atoms with E-state index in [9.17, 15) is 0 Å². The van der Waals surface area contributed by atoms with Gasteiger partial charge in [0.05, 0.1) is 35.4 Å². The number of benzene rings is 1. The molecule has 1 rings (SSSR count). The Labute approximate surface area is 91.8 Å². The van der Waals surface area contributed by atoms with Gasteiger partial charge in [0.25, 0.3) is 0 Å². The minimum atomic E-state index is 0.780.